The minimum absolute atomic E-state index is 0.103. The van der Waals surface area contributed by atoms with E-state index in [1.165, 1.54) is 6.92 Å². The molecule has 1 atom stereocenters. The smallest absolute Gasteiger partial charge is 0.306 e. The number of esters is 1. The first-order valence-electron chi connectivity index (χ1n) is 7.73. The van der Waals surface area contributed by atoms with Crippen LogP contribution in [0.4, 0.5) is 0 Å². The predicted octanol–water partition coefficient (Wildman–Crippen LogP) is 2.40. The quantitative estimate of drug-likeness (QED) is 0.476. The Balaban J connectivity index is 1.77. The van der Waals surface area contributed by atoms with Crippen molar-refractivity contribution in [2.75, 3.05) is 6.61 Å². The molecule has 1 aliphatic rings. The summed E-state index contributed by atoms with van der Waals surface area (Å²) in [5, 5.41) is 2.69. The molecular weight excluding hydrogens is 294 g/mol. The van der Waals surface area contributed by atoms with Crippen molar-refractivity contribution in [3.8, 4) is 0 Å². The highest BCUT2D eigenvalue weighted by atomic mass is 16.5. The maximum atomic E-state index is 12.0. The first-order valence-corrected chi connectivity index (χ1v) is 7.73. The van der Waals surface area contributed by atoms with E-state index in [2.05, 4.69) is 11.4 Å². The first-order chi connectivity index (χ1) is 11.0. The standard InChI is InChI=1S/C18H21NO4/c1-13(20)19-11-15-6-8-16(9-7-15)17(21)12-23-18(22)10-14-4-2-3-5-14/h2,4,6-9,14H,3,5,10-12H2,1H3,(H,19,20)/t14-/m0/s1. The first kappa shape index (κ1) is 16.9. The number of allylic oxidation sites excluding steroid dienone is 2. The number of hydrogen-bond acceptors (Lipinski definition) is 4. The number of carbonyl (C=O) groups is 3. The number of nitrogens with one attached hydrogen (secondary N) is 1. The molecule has 0 radical (unpaired) electrons. The maximum Gasteiger partial charge on any atom is 0.306 e. The van der Waals surface area contributed by atoms with Gasteiger partial charge >= 0.3 is 5.97 Å². The highest BCUT2D eigenvalue weighted by Gasteiger charge is 2.16. The van der Waals surface area contributed by atoms with E-state index in [4.69, 9.17) is 4.74 Å². The molecule has 5 nitrogen and oxygen atoms in total. The molecule has 1 aliphatic carbocycles. The lowest BCUT2D eigenvalue weighted by atomic mass is 10.1. The van der Waals surface area contributed by atoms with Crippen molar-refractivity contribution in [2.45, 2.75) is 32.7 Å². The highest BCUT2D eigenvalue weighted by molar-refractivity contribution is 5.98. The number of ether oxygens (including phenoxy) is 1. The van der Waals surface area contributed by atoms with Gasteiger partial charge in [0, 0.05) is 19.0 Å². The molecule has 1 aromatic carbocycles. The van der Waals surface area contributed by atoms with Crippen LogP contribution < -0.4 is 5.32 Å². The fraction of sp³-hybridized carbons (Fsp3) is 0.389. The molecule has 0 fully saturated rings. The van der Waals surface area contributed by atoms with Gasteiger partial charge in [0.05, 0.1) is 6.42 Å². The van der Waals surface area contributed by atoms with Crippen LogP contribution in [-0.2, 0) is 20.9 Å². The average Bonchev–Trinajstić information content (AvgIpc) is 3.04. The summed E-state index contributed by atoms with van der Waals surface area (Å²) in [4.78, 5) is 34.5. The molecule has 0 unspecified atom stereocenters. The van der Waals surface area contributed by atoms with Crippen LogP contribution in [0.15, 0.2) is 36.4 Å². The molecule has 0 saturated heterocycles. The monoisotopic (exact) mass is 315 g/mol. The second kappa shape index (κ2) is 8.27. The lowest BCUT2D eigenvalue weighted by Gasteiger charge is -2.08. The Hall–Kier alpha value is -2.43. The topological polar surface area (TPSA) is 72.5 Å². The highest BCUT2D eigenvalue weighted by Crippen LogP contribution is 2.20. The zero-order chi connectivity index (χ0) is 16.7. The average molecular weight is 315 g/mol. The van der Waals surface area contributed by atoms with Crippen LogP contribution in [-0.4, -0.2) is 24.3 Å². The Morgan fingerprint density at radius 1 is 1.22 bits per heavy atom. The molecule has 0 spiro atoms. The van der Waals surface area contributed by atoms with E-state index in [0.717, 1.165) is 18.4 Å². The van der Waals surface area contributed by atoms with Crippen molar-refractivity contribution in [1.82, 2.24) is 5.32 Å². The second-order valence-electron chi connectivity index (χ2n) is 5.66. The molecule has 5 heteroatoms. The Bertz CT molecular complexity index is 604. The van der Waals surface area contributed by atoms with Crippen LogP contribution >= 0.6 is 0 Å². The van der Waals surface area contributed by atoms with Crippen molar-refractivity contribution >= 4 is 17.7 Å². The van der Waals surface area contributed by atoms with Crippen LogP contribution in [0.25, 0.3) is 0 Å². The third-order valence-electron chi connectivity index (χ3n) is 3.72. The Morgan fingerprint density at radius 2 is 1.96 bits per heavy atom. The van der Waals surface area contributed by atoms with Gasteiger partial charge in [0.1, 0.15) is 0 Å². The van der Waals surface area contributed by atoms with Crippen LogP contribution in [0.1, 0.15) is 42.1 Å². The van der Waals surface area contributed by atoms with Crippen molar-refractivity contribution in [1.29, 1.82) is 0 Å². The van der Waals surface area contributed by atoms with Crippen molar-refractivity contribution in [2.24, 2.45) is 5.92 Å². The van der Waals surface area contributed by atoms with Gasteiger partial charge in [-0.3, -0.25) is 14.4 Å². The van der Waals surface area contributed by atoms with E-state index in [1.807, 2.05) is 6.08 Å². The molecule has 2 rings (SSSR count). The van der Waals surface area contributed by atoms with E-state index >= 15 is 0 Å². The molecule has 0 aromatic heterocycles. The lowest BCUT2D eigenvalue weighted by Crippen LogP contribution is -2.19. The van der Waals surface area contributed by atoms with Crippen LogP contribution in [0.3, 0.4) is 0 Å². The van der Waals surface area contributed by atoms with E-state index in [9.17, 15) is 14.4 Å². The minimum atomic E-state index is -0.336. The Labute approximate surface area is 135 Å². The van der Waals surface area contributed by atoms with Gasteiger partial charge in [-0.25, -0.2) is 0 Å². The van der Waals surface area contributed by atoms with Crippen molar-refractivity contribution < 1.29 is 19.1 Å². The summed E-state index contributed by atoms with van der Waals surface area (Å²) in [7, 11) is 0. The van der Waals surface area contributed by atoms with E-state index in [0.29, 0.717) is 18.5 Å². The summed E-state index contributed by atoms with van der Waals surface area (Å²) < 4.78 is 5.05. The molecule has 23 heavy (non-hydrogen) atoms. The third-order valence-corrected chi connectivity index (χ3v) is 3.72. The maximum absolute atomic E-state index is 12.0. The minimum Gasteiger partial charge on any atom is -0.457 e. The zero-order valence-electron chi connectivity index (χ0n) is 13.2. The molecule has 1 aromatic rings. The Morgan fingerprint density at radius 3 is 2.57 bits per heavy atom. The van der Waals surface area contributed by atoms with Crippen molar-refractivity contribution in [3.63, 3.8) is 0 Å². The number of hydrogen-bond donors (Lipinski definition) is 1. The lowest BCUT2D eigenvalue weighted by molar-refractivity contribution is -0.143. The van der Waals surface area contributed by atoms with E-state index < -0.39 is 0 Å². The van der Waals surface area contributed by atoms with Gasteiger partial charge < -0.3 is 10.1 Å². The second-order valence-corrected chi connectivity index (χ2v) is 5.66. The number of amides is 1. The molecule has 0 heterocycles. The fourth-order valence-electron chi connectivity index (χ4n) is 2.40. The molecule has 1 amide bonds. The summed E-state index contributed by atoms with van der Waals surface area (Å²) >= 11 is 0. The van der Waals surface area contributed by atoms with Gasteiger partial charge in [-0.1, -0.05) is 36.4 Å². The number of rotatable bonds is 7. The number of ketones is 1. The number of carbonyl (C=O) groups excluding carboxylic acids is 3. The van der Waals surface area contributed by atoms with Gasteiger partial charge in [-0.2, -0.15) is 0 Å². The van der Waals surface area contributed by atoms with Gasteiger partial charge in [-0.15, -0.1) is 0 Å². The van der Waals surface area contributed by atoms with Crippen LogP contribution in [0, 0.1) is 5.92 Å². The Kier molecular flexibility index (Phi) is 6.09. The largest absolute Gasteiger partial charge is 0.457 e. The summed E-state index contributed by atoms with van der Waals surface area (Å²) in [6.45, 7) is 1.64. The van der Waals surface area contributed by atoms with Gasteiger partial charge in [0.15, 0.2) is 12.4 Å². The molecule has 0 aliphatic heterocycles. The fourth-order valence-corrected chi connectivity index (χ4v) is 2.40. The molecular formula is C18H21NO4. The third kappa shape index (κ3) is 5.70. The SMILES string of the molecule is CC(=O)NCc1ccc(C(=O)COC(=O)C[C@H]2C=CCC2)cc1. The van der Waals surface area contributed by atoms with Gasteiger partial charge in [0.25, 0.3) is 0 Å². The van der Waals surface area contributed by atoms with Crippen LogP contribution in [0.5, 0.6) is 0 Å². The van der Waals surface area contributed by atoms with Crippen molar-refractivity contribution in [3.05, 3.63) is 47.5 Å². The van der Waals surface area contributed by atoms with E-state index in [1.54, 1.807) is 24.3 Å². The van der Waals surface area contributed by atoms with Gasteiger partial charge in [0.2, 0.25) is 5.91 Å². The molecule has 122 valence electrons. The summed E-state index contributed by atoms with van der Waals surface area (Å²) in [6, 6.07) is 6.89. The number of Topliss-reactive ketones (excluding diaryl/α,β-unsaturated/α-hetero) is 1. The zero-order valence-corrected chi connectivity index (χ0v) is 13.2. The molecule has 0 saturated carbocycles. The van der Waals surface area contributed by atoms with Gasteiger partial charge in [-0.05, 0) is 24.3 Å². The molecule has 0 bridgehead atoms. The number of benzene rings is 1. The van der Waals surface area contributed by atoms with E-state index in [-0.39, 0.29) is 30.2 Å². The molecule has 1 N–H and O–H groups in total. The summed E-state index contributed by atoms with van der Waals surface area (Å²) in [5.74, 6) is -0.427. The summed E-state index contributed by atoms with van der Waals surface area (Å²) in [6.07, 6.45) is 6.39. The van der Waals surface area contributed by atoms with Crippen LogP contribution in [0.2, 0.25) is 0 Å². The normalized spacial score (nSPS) is 16.1. The predicted molar refractivity (Wildman–Crippen MR) is 85.7 cm³/mol. The summed E-state index contributed by atoms with van der Waals surface area (Å²) in [5.41, 5.74) is 1.40.